The van der Waals surface area contributed by atoms with Crippen molar-refractivity contribution in [1.29, 1.82) is 0 Å². The third kappa shape index (κ3) is 4.05. The van der Waals surface area contributed by atoms with Crippen LogP contribution in [-0.2, 0) is 11.2 Å². The van der Waals surface area contributed by atoms with Gasteiger partial charge in [0.05, 0.1) is 11.7 Å². The second kappa shape index (κ2) is 8.47. The van der Waals surface area contributed by atoms with Crippen LogP contribution in [0.5, 0.6) is 0 Å². The standard InChI is InChI=1S/C22H21F2N3O2S/c1-13-16(22(29)27(26-13)15-7-5-14(23)6-8-15)9-10-20(28)25-19-11-12-30-21-17(19)3-2-4-18(21)24/h2-8,19,26H,9-12H2,1H3,(H,25,28)/t19-/m0/s1. The number of nitrogens with one attached hydrogen (secondary N) is 2. The largest absolute Gasteiger partial charge is 0.349 e. The number of aryl methyl sites for hydroxylation is 1. The summed E-state index contributed by atoms with van der Waals surface area (Å²) in [6, 6.07) is 10.3. The first kappa shape index (κ1) is 20.4. The number of hydrogen-bond donors (Lipinski definition) is 2. The number of H-pyrrole nitrogens is 1. The van der Waals surface area contributed by atoms with Crippen molar-refractivity contribution in [2.24, 2.45) is 0 Å². The summed E-state index contributed by atoms with van der Waals surface area (Å²) >= 11 is 1.46. The summed E-state index contributed by atoms with van der Waals surface area (Å²) < 4.78 is 28.5. The van der Waals surface area contributed by atoms with Gasteiger partial charge in [0.1, 0.15) is 11.6 Å². The maximum absolute atomic E-state index is 14.0. The van der Waals surface area contributed by atoms with E-state index in [1.807, 2.05) is 6.07 Å². The summed E-state index contributed by atoms with van der Waals surface area (Å²) in [5, 5.41) is 5.96. The number of benzene rings is 2. The molecular formula is C22H21F2N3O2S. The van der Waals surface area contributed by atoms with Gasteiger partial charge in [-0.3, -0.25) is 14.7 Å². The van der Waals surface area contributed by atoms with Crippen molar-refractivity contribution in [2.45, 2.75) is 37.1 Å². The molecule has 0 fully saturated rings. The van der Waals surface area contributed by atoms with E-state index in [2.05, 4.69) is 10.4 Å². The second-order valence-corrected chi connectivity index (χ2v) is 8.35. The number of amides is 1. The molecule has 30 heavy (non-hydrogen) atoms. The number of nitrogens with zero attached hydrogens (tertiary/aromatic N) is 1. The van der Waals surface area contributed by atoms with Crippen molar-refractivity contribution in [3.63, 3.8) is 0 Å². The highest BCUT2D eigenvalue weighted by atomic mass is 32.2. The molecule has 0 aliphatic carbocycles. The Kier molecular flexibility index (Phi) is 5.76. The smallest absolute Gasteiger partial charge is 0.274 e. The van der Waals surface area contributed by atoms with Gasteiger partial charge >= 0.3 is 0 Å². The van der Waals surface area contributed by atoms with Gasteiger partial charge in [0.2, 0.25) is 5.91 Å². The van der Waals surface area contributed by atoms with Crippen molar-refractivity contribution < 1.29 is 13.6 Å². The van der Waals surface area contributed by atoms with Gasteiger partial charge in [-0.1, -0.05) is 12.1 Å². The average Bonchev–Trinajstić information content (AvgIpc) is 3.01. The van der Waals surface area contributed by atoms with Crippen LogP contribution in [0.4, 0.5) is 8.78 Å². The number of carbonyl (C=O) groups is 1. The van der Waals surface area contributed by atoms with Crippen LogP contribution in [0.1, 0.15) is 35.7 Å². The molecule has 8 heteroatoms. The van der Waals surface area contributed by atoms with Gasteiger partial charge in [-0.15, -0.1) is 11.8 Å². The Hall–Kier alpha value is -2.87. The molecule has 2 N–H and O–H groups in total. The van der Waals surface area contributed by atoms with Crippen molar-refractivity contribution in [1.82, 2.24) is 15.1 Å². The molecular weight excluding hydrogens is 408 g/mol. The van der Waals surface area contributed by atoms with Crippen LogP contribution in [0.3, 0.4) is 0 Å². The summed E-state index contributed by atoms with van der Waals surface area (Å²) in [5.74, 6) is -0.0937. The van der Waals surface area contributed by atoms with Gasteiger partial charge in [-0.25, -0.2) is 13.5 Å². The van der Waals surface area contributed by atoms with Crippen molar-refractivity contribution in [3.8, 4) is 5.69 Å². The first-order valence-corrected chi connectivity index (χ1v) is 10.7. The molecule has 0 bridgehead atoms. The molecule has 5 nitrogen and oxygen atoms in total. The molecule has 2 heterocycles. The van der Waals surface area contributed by atoms with E-state index in [1.54, 1.807) is 13.0 Å². The number of aromatic nitrogens is 2. The molecule has 0 saturated carbocycles. The maximum Gasteiger partial charge on any atom is 0.274 e. The zero-order valence-electron chi connectivity index (χ0n) is 16.4. The quantitative estimate of drug-likeness (QED) is 0.643. The molecule has 156 valence electrons. The number of fused-ring (bicyclic) bond motifs is 1. The number of thioether (sulfide) groups is 1. The van der Waals surface area contributed by atoms with Crippen LogP contribution in [0.2, 0.25) is 0 Å². The molecule has 1 amide bonds. The van der Waals surface area contributed by atoms with E-state index >= 15 is 0 Å². The average molecular weight is 429 g/mol. The number of aromatic amines is 1. The van der Waals surface area contributed by atoms with Gasteiger partial charge in [-0.2, -0.15) is 0 Å². The first-order chi connectivity index (χ1) is 14.4. The highest BCUT2D eigenvalue weighted by molar-refractivity contribution is 7.99. The Morgan fingerprint density at radius 3 is 2.77 bits per heavy atom. The lowest BCUT2D eigenvalue weighted by Crippen LogP contribution is -2.31. The zero-order valence-corrected chi connectivity index (χ0v) is 17.2. The van der Waals surface area contributed by atoms with E-state index in [1.165, 1.54) is 46.8 Å². The highest BCUT2D eigenvalue weighted by Gasteiger charge is 2.24. The fourth-order valence-electron chi connectivity index (χ4n) is 3.69. The Morgan fingerprint density at radius 2 is 2.00 bits per heavy atom. The van der Waals surface area contributed by atoms with Crippen LogP contribution >= 0.6 is 11.8 Å². The molecule has 0 spiro atoms. The van der Waals surface area contributed by atoms with Gasteiger partial charge in [-0.05, 0) is 55.7 Å². The Bertz CT molecular complexity index is 1140. The van der Waals surface area contributed by atoms with E-state index < -0.39 is 0 Å². The molecule has 1 aliphatic heterocycles. The van der Waals surface area contributed by atoms with Gasteiger partial charge < -0.3 is 5.32 Å². The van der Waals surface area contributed by atoms with Crippen molar-refractivity contribution in [2.75, 3.05) is 5.75 Å². The van der Waals surface area contributed by atoms with Crippen LogP contribution in [0, 0.1) is 18.6 Å². The van der Waals surface area contributed by atoms with E-state index in [4.69, 9.17) is 0 Å². The van der Waals surface area contributed by atoms with E-state index in [0.29, 0.717) is 21.8 Å². The summed E-state index contributed by atoms with van der Waals surface area (Å²) in [6.45, 7) is 1.77. The normalized spacial score (nSPS) is 15.6. The lowest BCUT2D eigenvalue weighted by Gasteiger charge is -2.26. The minimum atomic E-state index is -0.380. The predicted molar refractivity (Wildman–Crippen MR) is 112 cm³/mol. The number of hydrogen-bond acceptors (Lipinski definition) is 3. The van der Waals surface area contributed by atoms with Crippen molar-refractivity contribution >= 4 is 17.7 Å². The lowest BCUT2D eigenvalue weighted by atomic mass is 10.0. The third-order valence-electron chi connectivity index (χ3n) is 5.24. The predicted octanol–water partition coefficient (Wildman–Crippen LogP) is 4.04. The van der Waals surface area contributed by atoms with Crippen LogP contribution < -0.4 is 10.9 Å². The van der Waals surface area contributed by atoms with Crippen LogP contribution in [0.15, 0.2) is 52.2 Å². The highest BCUT2D eigenvalue weighted by Crippen LogP contribution is 2.37. The summed E-state index contributed by atoms with van der Waals surface area (Å²) in [4.78, 5) is 25.9. The number of halogens is 2. The topological polar surface area (TPSA) is 66.9 Å². The molecule has 3 aromatic rings. The lowest BCUT2D eigenvalue weighted by molar-refractivity contribution is -0.121. The summed E-state index contributed by atoms with van der Waals surface area (Å²) in [6.07, 6.45) is 1.15. The van der Waals surface area contributed by atoms with Gasteiger partial charge in [0, 0.05) is 28.3 Å². The first-order valence-electron chi connectivity index (χ1n) is 9.71. The molecule has 0 radical (unpaired) electrons. The second-order valence-electron chi connectivity index (χ2n) is 7.25. The molecule has 4 rings (SSSR count). The third-order valence-corrected chi connectivity index (χ3v) is 6.40. The van der Waals surface area contributed by atoms with Crippen molar-refractivity contribution in [3.05, 3.63) is 81.3 Å². The Labute approximate surface area is 176 Å². The summed E-state index contributed by atoms with van der Waals surface area (Å²) in [7, 11) is 0. The zero-order chi connectivity index (χ0) is 21.3. The molecule has 1 aromatic heterocycles. The van der Waals surface area contributed by atoms with Crippen LogP contribution in [-0.4, -0.2) is 21.4 Å². The van der Waals surface area contributed by atoms with E-state index in [0.717, 1.165) is 17.7 Å². The molecule has 0 unspecified atom stereocenters. The maximum atomic E-state index is 14.0. The monoisotopic (exact) mass is 429 g/mol. The van der Waals surface area contributed by atoms with Gasteiger partial charge in [0.15, 0.2) is 0 Å². The van der Waals surface area contributed by atoms with E-state index in [9.17, 15) is 18.4 Å². The molecule has 1 atom stereocenters. The SMILES string of the molecule is Cc1[nH]n(-c2ccc(F)cc2)c(=O)c1CCC(=O)N[C@H]1CCSc2c(F)cccc21. The van der Waals surface area contributed by atoms with Gasteiger partial charge in [0.25, 0.3) is 5.56 Å². The Morgan fingerprint density at radius 1 is 1.23 bits per heavy atom. The molecule has 2 aromatic carbocycles. The molecule has 0 saturated heterocycles. The number of rotatable bonds is 5. The summed E-state index contributed by atoms with van der Waals surface area (Å²) in [5.41, 5.74) is 2.25. The minimum absolute atomic E-state index is 0.144. The van der Waals surface area contributed by atoms with E-state index in [-0.39, 0.29) is 42.0 Å². The Balaban J connectivity index is 1.45. The molecule has 1 aliphatic rings. The fourth-order valence-corrected chi connectivity index (χ4v) is 4.83. The number of carbonyl (C=O) groups excluding carboxylic acids is 1. The van der Waals surface area contributed by atoms with Crippen LogP contribution in [0.25, 0.3) is 5.69 Å². The fraction of sp³-hybridized carbons (Fsp3) is 0.273. The minimum Gasteiger partial charge on any atom is -0.349 e.